The van der Waals surface area contributed by atoms with Crippen molar-refractivity contribution in [2.24, 2.45) is 0 Å². The lowest BCUT2D eigenvalue weighted by molar-refractivity contribution is 0.0946. The van der Waals surface area contributed by atoms with Gasteiger partial charge >= 0.3 is 0 Å². The zero-order chi connectivity index (χ0) is 17.8. The van der Waals surface area contributed by atoms with Gasteiger partial charge in [-0.2, -0.15) is 5.10 Å². The summed E-state index contributed by atoms with van der Waals surface area (Å²) >= 11 is 0. The van der Waals surface area contributed by atoms with Gasteiger partial charge in [-0.1, -0.05) is 6.07 Å². The first-order chi connectivity index (χ1) is 12.8. The molecule has 0 aliphatic carbocycles. The summed E-state index contributed by atoms with van der Waals surface area (Å²) in [5.74, 6) is 0.350. The molecule has 0 saturated heterocycles. The van der Waals surface area contributed by atoms with Gasteiger partial charge < -0.3 is 9.73 Å². The minimum Gasteiger partial charge on any atom is -0.463 e. The van der Waals surface area contributed by atoms with Gasteiger partial charge in [0.15, 0.2) is 11.5 Å². The number of hydrogen-bond donors (Lipinski definition) is 2. The first kappa shape index (κ1) is 15.8. The Labute approximate surface area is 149 Å². The standard InChI is InChI=1S/C19H15N5O2/c25-19(16-10-15(23-24-16)17-6-3-9-26-17)22-12-14-5-2-8-21-18(14)13-4-1-7-20-11-13/h1-11H,12H2,(H,22,25)(H,23,24). The molecule has 4 aromatic rings. The van der Waals surface area contributed by atoms with Crippen molar-refractivity contribution in [1.29, 1.82) is 0 Å². The second-order valence-electron chi connectivity index (χ2n) is 5.58. The minimum absolute atomic E-state index is 0.278. The average molecular weight is 345 g/mol. The van der Waals surface area contributed by atoms with E-state index in [9.17, 15) is 4.79 Å². The fourth-order valence-corrected chi connectivity index (χ4v) is 2.61. The van der Waals surface area contributed by atoms with Crippen molar-refractivity contribution >= 4 is 5.91 Å². The van der Waals surface area contributed by atoms with Crippen LogP contribution in [0.1, 0.15) is 16.1 Å². The third-order valence-electron chi connectivity index (χ3n) is 3.86. The molecule has 4 rings (SSSR count). The number of H-pyrrole nitrogens is 1. The molecule has 0 unspecified atom stereocenters. The van der Waals surface area contributed by atoms with Crippen LogP contribution in [-0.4, -0.2) is 26.1 Å². The highest BCUT2D eigenvalue weighted by molar-refractivity contribution is 5.93. The quantitative estimate of drug-likeness (QED) is 0.579. The SMILES string of the molecule is O=C(NCc1cccnc1-c1cccnc1)c1cc(-c2ccco2)[nH]n1. The Morgan fingerprint density at radius 1 is 1.15 bits per heavy atom. The summed E-state index contributed by atoms with van der Waals surface area (Å²) in [4.78, 5) is 20.9. The summed E-state index contributed by atoms with van der Waals surface area (Å²) in [6.07, 6.45) is 6.74. The number of nitrogens with zero attached hydrogens (tertiary/aromatic N) is 3. The van der Waals surface area contributed by atoms with Gasteiger partial charge in [0.05, 0.1) is 12.0 Å². The van der Waals surface area contributed by atoms with Crippen LogP contribution in [0, 0.1) is 0 Å². The van der Waals surface area contributed by atoms with Gasteiger partial charge in [-0.3, -0.25) is 19.9 Å². The van der Waals surface area contributed by atoms with Crippen LogP contribution in [0.4, 0.5) is 0 Å². The molecule has 0 aliphatic heterocycles. The van der Waals surface area contributed by atoms with E-state index < -0.39 is 0 Å². The Kier molecular flexibility index (Phi) is 4.26. The molecule has 0 bridgehead atoms. The smallest absolute Gasteiger partial charge is 0.272 e. The van der Waals surface area contributed by atoms with Crippen LogP contribution in [0.5, 0.6) is 0 Å². The molecule has 0 fully saturated rings. The molecule has 0 saturated carbocycles. The van der Waals surface area contributed by atoms with Crippen molar-refractivity contribution in [2.75, 3.05) is 0 Å². The van der Waals surface area contributed by atoms with Gasteiger partial charge in [-0.15, -0.1) is 0 Å². The van der Waals surface area contributed by atoms with E-state index in [1.807, 2.05) is 24.3 Å². The fraction of sp³-hybridized carbons (Fsp3) is 0.0526. The van der Waals surface area contributed by atoms with E-state index in [1.165, 1.54) is 0 Å². The van der Waals surface area contributed by atoms with Crippen molar-refractivity contribution in [3.05, 3.63) is 78.6 Å². The van der Waals surface area contributed by atoms with Gasteiger partial charge in [0.25, 0.3) is 5.91 Å². The lowest BCUT2D eigenvalue weighted by Gasteiger charge is -2.09. The lowest BCUT2D eigenvalue weighted by atomic mass is 10.1. The molecule has 0 aliphatic rings. The van der Waals surface area contributed by atoms with Crippen LogP contribution in [0.15, 0.2) is 71.7 Å². The van der Waals surface area contributed by atoms with Gasteiger partial charge in [0, 0.05) is 36.8 Å². The van der Waals surface area contributed by atoms with Crippen LogP contribution >= 0.6 is 0 Å². The van der Waals surface area contributed by atoms with E-state index in [0.717, 1.165) is 16.8 Å². The van der Waals surface area contributed by atoms with Gasteiger partial charge in [0.1, 0.15) is 5.69 Å². The molecular weight excluding hydrogens is 330 g/mol. The fourth-order valence-electron chi connectivity index (χ4n) is 2.61. The molecule has 0 radical (unpaired) electrons. The number of rotatable bonds is 5. The molecule has 128 valence electrons. The zero-order valence-corrected chi connectivity index (χ0v) is 13.7. The van der Waals surface area contributed by atoms with E-state index in [1.54, 1.807) is 43.1 Å². The highest BCUT2D eigenvalue weighted by atomic mass is 16.3. The van der Waals surface area contributed by atoms with Crippen molar-refractivity contribution in [3.8, 4) is 22.7 Å². The summed E-state index contributed by atoms with van der Waals surface area (Å²) in [6.45, 7) is 0.333. The predicted octanol–water partition coefficient (Wildman–Crippen LogP) is 3.06. The first-order valence-electron chi connectivity index (χ1n) is 8.03. The highest BCUT2D eigenvalue weighted by Crippen LogP contribution is 2.20. The minimum atomic E-state index is -0.278. The summed E-state index contributed by atoms with van der Waals surface area (Å²) in [7, 11) is 0. The number of furan rings is 1. The van der Waals surface area contributed by atoms with Crippen molar-refractivity contribution in [2.45, 2.75) is 6.54 Å². The monoisotopic (exact) mass is 345 g/mol. The van der Waals surface area contributed by atoms with Gasteiger partial charge in [-0.25, -0.2) is 0 Å². The summed E-state index contributed by atoms with van der Waals surface area (Å²) in [6, 6.07) is 12.8. The number of hydrogen-bond acceptors (Lipinski definition) is 5. The predicted molar refractivity (Wildman–Crippen MR) is 94.9 cm³/mol. The Bertz CT molecular complexity index is 1010. The average Bonchev–Trinajstić information content (AvgIpc) is 3.38. The normalized spacial score (nSPS) is 10.6. The number of pyridine rings is 2. The number of aromatic nitrogens is 4. The molecule has 4 heterocycles. The number of amides is 1. The summed E-state index contributed by atoms with van der Waals surface area (Å²) < 4.78 is 5.29. The lowest BCUT2D eigenvalue weighted by Crippen LogP contribution is -2.23. The van der Waals surface area contributed by atoms with Crippen LogP contribution in [0.25, 0.3) is 22.7 Å². The maximum absolute atomic E-state index is 12.4. The van der Waals surface area contributed by atoms with E-state index >= 15 is 0 Å². The second kappa shape index (κ2) is 7.02. The largest absolute Gasteiger partial charge is 0.463 e. The van der Waals surface area contributed by atoms with E-state index in [2.05, 4.69) is 25.5 Å². The maximum Gasteiger partial charge on any atom is 0.272 e. The molecule has 1 amide bonds. The highest BCUT2D eigenvalue weighted by Gasteiger charge is 2.14. The van der Waals surface area contributed by atoms with E-state index in [-0.39, 0.29) is 5.91 Å². The number of nitrogens with one attached hydrogen (secondary N) is 2. The van der Waals surface area contributed by atoms with Crippen LogP contribution in [0.2, 0.25) is 0 Å². The molecule has 2 N–H and O–H groups in total. The molecule has 7 heteroatoms. The van der Waals surface area contributed by atoms with Crippen LogP contribution < -0.4 is 5.32 Å². The second-order valence-corrected chi connectivity index (χ2v) is 5.58. The molecule has 4 aromatic heterocycles. The molecule has 26 heavy (non-hydrogen) atoms. The molecular formula is C19H15N5O2. The van der Waals surface area contributed by atoms with Crippen molar-refractivity contribution in [1.82, 2.24) is 25.5 Å². The van der Waals surface area contributed by atoms with E-state index in [0.29, 0.717) is 23.7 Å². The van der Waals surface area contributed by atoms with Crippen LogP contribution in [0.3, 0.4) is 0 Å². The Morgan fingerprint density at radius 2 is 2.08 bits per heavy atom. The van der Waals surface area contributed by atoms with Crippen molar-refractivity contribution < 1.29 is 9.21 Å². The summed E-state index contributed by atoms with van der Waals surface area (Å²) in [5, 5.41) is 9.71. The number of carbonyl (C=O) groups excluding carboxylic acids is 1. The summed E-state index contributed by atoms with van der Waals surface area (Å²) in [5.41, 5.74) is 3.54. The Balaban J connectivity index is 1.49. The van der Waals surface area contributed by atoms with E-state index in [4.69, 9.17) is 4.42 Å². The topological polar surface area (TPSA) is 96.7 Å². The van der Waals surface area contributed by atoms with Gasteiger partial charge in [0.2, 0.25) is 0 Å². The molecule has 7 nitrogen and oxygen atoms in total. The van der Waals surface area contributed by atoms with Gasteiger partial charge in [-0.05, 0) is 35.9 Å². The number of carbonyl (C=O) groups is 1. The molecule has 0 spiro atoms. The molecule has 0 atom stereocenters. The first-order valence-corrected chi connectivity index (χ1v) is 8.03. The number of aromatic amines is 1. The Hall–Kier alpha value is -3.74. The molecule has 0 aromatic carbocycles. The Morgan fingerprint density at radius 3 is 2.88 bits per heavy atom. The maximum atomic E-state index is 12.4. The third kappa shape index (κ3) is 3.23. The zero-order valence-electron chi connectivity index (χ0n) is 13.7. The van der Waals surface area contributed by atoms with Crippen LogP contribution in [-0.2, 0) is 6.54 Å². The van der Waals surface area contributed by atoms with Crippen molar-refractivity contribution in [3.63, 3.8) is 0 Å². The third-order valence-corrected chi connectivity index (χ3v) is 3.86.